The van der Waals surface area contributed by atoms with Gasteiger partial charge in [0.15, 0.2) is 17.3 Å². The molecule has 4 nitrogen and oxygen atoms in total. The Kier molecular flexibility index (Phi) is 3.48. The van der Waals surface area contributed by atoms with Gasteiger partial charge in [0.1, 0.15) is 6.61 Å². The van der Waals surface area contributed by atoms with Gasteiger partial charge < -0.3 is 14.6 Å². The minimum absolute atomic E-state index is 0.328. The molecular formula is C10H12O4. The van der Waals surface area contributed by atoms with Crippen LogP contribution in [0.2, 0.25) is 0 Å². The molecule has 1 aromatic rings. The van der Waals surface area contributed by atoms with Crippen LogP contribution in [0.5, 0.6) is 11.5 Å². The maximum atomic E-state index is 11.3. The Balaban J connectivity index is 3.21. The third-order valence-electron chi connectivity index (χ3n) is 1.85. The van der Waals surface area contributed by atoms with Crippen molar-refractivity contribution in [1.29, 1.82) is 0 Å². The highest BCUT2D eigenvalue weighted by Gasteiger charge is 2.14. The lowest BCUT2D eigenvalue weighted by Gasteiger charge is -2.10. The Morgan fingerprint density at radius 3 is 2.57 bits per heavy atom. The number of ketones is 1. The summed E-state index contributed by atoms with van der Waals surface area (Å²) in [6.45, 7) is -0.538. The van der Waals surface area contributed by atoms with Gasteiger partial charge in [0, 0.05) is 0 Å². The summed E-state index contributed by atoms with van der Waals surface area (Å²) in [5, 5.41) is 8.73. The average molecular weight is 196 g/mol. The highest BCUT2D eigenvalue weighted by molar-refractivity contribution is 6.00. The third-order valence-corrected chi connectivity index (χ3v) is 1.85. The van der Waals surface area contributed by atoms with Gasteiger partial charge in [-0.1, -0.05) is 6.07 Å². The molecule has 4 heteroatoms. The van der Waals surface area contributed by atoms with E-state index >= 15 is 0 Å². The Bertz CT molecular complexity index is 333. The van der Waals surface area contributed by atoms with Crippen LogP contribution < -0.4 is 9.47 Å². The summed E-state index contributed by atoms with van der Waals surface area (Å²) >= 11 is 0. The molecule has 0 aliphatic rings. The molecule has 0 saturated carbocycles. The first-order valence-electron chi connectivity index (χ1n) is 4.09. The lowest BCUT2D eigenvalue weighted by atomic mass is 10.1. The first-order valence-corrected chi connectivity index (χ1v) is 4.09. The monoisotopic (exact) mass is 196 g/mol. The zero-order valence-corrected chi connectivity index (χ0v) is 8.11. The second-order valence-corrected chi connectivity index (χ2v) is 2.62. The molecule has 0 unspecified atom stereocenters. The van der Waals surface area contributed by atoms with Crippen molar-refractivity contribution in [3.63, 3.8) is 0 Å². The molecule has 76 valence electrons. The Hall–Kier alpha value is -1.55. The molecule has 0 aliphatic carbocycles. The summed E-state index contributed by atoms with van der Waals surface area (Å²) in [5.41, 5.74) is 0.328. The summed E-state index contributed by atoms with van der Waals surface area (Å²) in [6, 6.07) is 4.94. The normalized spacial score (nSPS) is 9.64. The van der Waals surface area contributed by atoms with Crippen molar-refractivity contribution in [1.82, 2.24) is 0 Å². The molecule has 1 rings (SSSR count). The van der Waals surface area contributed by atoms with Gasteiger partial charge in [-0.05, 0) is 12.1 Å². The molecule has 1 aromatic carbocycles. The number of ether oxygens (including phenoxy) is 2. The minimum Gasteiger partial charge on any atom is -0.493 e. The van der Waals surface area contributed by atoms with Crippen LogP contribution >= 0.6 is 0 Å². The quantitative estimate of drug-likeness (QED) is 0.726. The lowest BCUT2D eigenvalue weighted by Crippen LogP contribution is -2.07. The molecule has 0 aliphatic heterocycles. The number of aliphatic hydroxyl groups excluding tert-OH is 1. The summed E-state index contributed by atoms with van der Waals surface area (Å²) < 4.78 is 10.0. The maximum absolute atomic E-state index is 11.3. The van der Waals surface area contributed by atoms with Crippen LogP contribution in [0.4, 0.5) is 0 Å². The molecule has 0 bridgehead atoms. The Morgan fingerprint density at radius 1 is 1.36 bits per heavy atom. The number of para-hydroxylation sites is 1. The van der Waals surface area contributed by atoms with Crippen LogP contribution in [-0.2, 0) is 0 Å². The van der Waals surface area contributed by atoms with E-state index in [0.717, 1.165) is 0 Å². The van der Waals surface area contributed by atoms with Crippen molar-refractivity contribution < 1.29 is 19.4 Å². The minimum atomic E-state index is -0.538. The fourth-order valence-electron chi connectivity index (χ4n) is 1.19. The number of rotatable bonds is 4. The van der Waals surface area contributed by atoms with Crippen molar-refractivity contribution in [3.8, 4) is 11.5 Å². The van der Waals surface area contributed by atoms with Crippen LogP contribution in [0.1, 0.15) is 10.4 Å². The molecule has 0 atom stereocenters. The SMILES string of the molecule is COc1cccc(C(=O)CO)c1OC. The number of methoxy groups -OCH3 is 2. The lowest BCUT2D eigenvalue weighted by molar-refractivity contribution is 0.0900. The van der Waals surface area contributed by atoms with Gasteiger partial charge in [0.2, 0.25) is 0 Å². The molecule has 0 radical (unpaired) electrons. The van der Waals surface area contributed by atoms with Gasteiger partial charge in [0.25, 0.3) is 0 Å². The van der Waals surface area contributed by atoms with Gasteiger partial charge in [0.05, 0.1) is 19.8 Å². The highest BCUT2D eigenvalue weighted by Crippen LogP contribution is 2.30. The average Bonchev–Trinajstić information content (AvgIpc) is 2.26. The first kappa shape index (κ1) is 10.5. The van der Waals surface area contributed by atoms with Crippen molar-refractivity contribution in [2.75, 3.05) is 20.8 Å². The van der Waals surface area contributed by atoms with E-state index in [1.807, 2.05) is 0 Å². The van der Waals surface area contributed by atoms with Crippen molar-refractivity contribution in [2.24, 2.45) is 0 Å². The van der Waals surface area contributed by atoms with Crippen molar-refractivity contribution in [2.45, 2.75) is 0 Å². The number of hydrogen-bond donors (Lipinski definition) is 1. The van der Waals surface area contributed by atoms with Gasteiger partial charge >= 0.3 is 0 Å². The molecule has 14 heavy (non-hydrogen) atoms. The van der Waals surface area contributed by atoms with Gasteiger partial charge in [-0.15, -0.1) is 0 Å². The van der Waals surface area contributed by atoms with E-state index in [-0.39, 0.29) is 5.78 Å². The number of carbonyl (C=O) groups is 1. The summed E-state index contributed by atoms with van der Waals surface area (Å²) in [7, 11) is 2.94. The molecular weight excluding hydrogens is 184 g/mol. The Morgan fingerprint density at radius 2 is 2.07 bits per heavy atom. The maximum Gasteiger partial charge on any atom is 0.192 e. The van der Waals surface area contributed by atoms with Crippen LogP contribution in [-0.4, -0.2) is 31.7 Å². The van der Waals surface area contributed by atoms with Crippen LogP contribution in [0.15, 0.2) is 18.2 Å². The van der Waals surface area contributed by atoms with Crippen LogP contribution in [0.3, 0.4) is 0 Å². The zero-order valence-electron chi connectivity index (χ0n) is 8.11. The molecule has 0 aromatic heterocycles. The second-order valence-electron chi connectivity index (χ2n) is 2.62. The van der Waals surface area contributed by atoms with Crippen molar-refractivity contribution in [3.05, 3.63) is 23.8 Å². The fraction of sp³-hybridized carbons (Fsp3) is 0.300. The van der Waals surface area contributed by atoms with E-state index in [0.29, 0.717) is 17.1 Å². The number of hydrogen-bond acceptors (Lipinski definition) is 4. The summed E-state index contributed by atoms with van der Waals surface area (Å²) in [6.07, 6.45) is 0. The van der Waals surface area contributed by atoms with Gasteiger partial charge in [-0.25, -0.2) is 0 Å². The largest absolute Gasteiger partial charge is 0.493 e. The number of aliphatic hydroxyl groups is 1. The van der Waals surface area contributed by atoms with Crippen LogP contribution in [0, 0.1) is 0 Å². The van der Waals surface area contributed by atoms with Gasteiger partial charge in [-0.3, -0.25) is 4.79 Å². The number of carbonyl (C=O) groups excluding carboxylic acids is 1. The van der Waals surface area contributed by atoms with E-state index in [2.05, 4.69) is 0 Å². The number of benzene rings is 1. The zero-order chi connectivity index (χ0) is 10.6. The third kappa shape index (κ3) is 1.85. The molecule has 0 saturated heterocycles. The molecule has 0 amide bonds. The fourth-order valence-corrected chi connectivity index (χ4v) is 1.19. The summed E-state index contributed by atoms with van der Waals surface area (Å²) in [4.78, 5) is 11.3. The van der Waals surface area contributed by atoms with E-state index < -0.39 is 6.61 Å². The van der Waals surface area contributed by atoms with E-state index in [4.69, 9.17) is 14.6 Å². The topological polar surface area (TPSA) is 55.8 Å². The summed E-state index contributed by atoms with van der Waals surface area (Å²) in [5.74, 6) is 0.446. The molecule has 0 heterocycles. The smallest absolute Gasteiger partial charge is 0.192 e. The van der Waals surface area contributed by atoms with Crippen LogP contribution in [0.25, 0.3) is 0 Å². The number of Topliss-reactive ketones (excluding diaryl/α,β-unsaturated/α-hetero) is 1. The first-order chi connectivity index (χ1) is 6.74. The predicted molar refractivity (Wildman–Crippen MR) is 51.0 cm³/mol. The van der Waals surface area contributed by atoms with Gasteiger partial charge in [-0.2, -0.15) is 0 Å². The highest BCUT2D eigenvalue weighted by atomic mass is 16.5. The standard InChI is InChI=1S/C10H12O4/c1-13-9-5-3-4-7(8(12)6-11)10(9)14-2/h3-5,11H,6H2,1-2H3. The van der Waals surface area contributed by atoms with E-state index in [9.17, 15) is 4.79 Å². The van der Waals surface area contributed by atoms with Crippen molar-refractivity contribution >= 4 is 5.78 Å². The Labute approximate surface area is 82.1 Å². The molecule has 0 spiro atoms. The van der Waals surface area contributed by atoms with E-state index in [1.165, 1.54) is 14.2 Å². The molecule has 0 fully saturated rings. The molecule has 1 N–H and O–H groups in total. The predicted octanol–water partition coefficient (Wildman–Crippen LogP) is 0.879. The second kappa shape index (κ2) is 4.62. The van der Waals surface area contributed by atoms with E-state index in [1.54, 1.807) is 18.2 Å².